The zero-order valence-electron chi connectivity index (χ0n) is 17.7. The molecule has 1 aliphatic rings. The molecule has 0 atom stereocenters. The van der Waals surface area contributed by atoms with Gasteiger partial charge in [-0.05, 0) is 48.7 Å². The molecule has 2 amide bonds. The molecule has 0 unspecified atom stereocenters. The van der Waals surface area contributed by atoms with E-state index in [0.29, 0.717) is 18.8 Å². The lowest BCUT2D eigenvalue weighted by molar-refractivity contribution is -0.137. The number of carbonyl (C=O) groups is 1. The van der Waals surface area contributed by atoms with Crippen LogP contribution in [0.5, 0.6) is 11.6 Å². The number of benzene rings is 2. The quantitative estimate of drug-likeness (QED) is 0.484. The molecule has 8 heteroatoms. The number of aromatic nitrogens is 1. The van der Waals surface area contributed by atoms with Crippen LogP contribution in [0, 0.1) is 0 Å². The van der Waals surface area contributed by atoms with Gasteiger partial charge in [0, 0.05) is 31.0 Å². The molecule has 5 nitrogen and oxygen atoms in total. The number of hydrogen-bond donors (Lipinski definition) is 1. The lowest BCUT2D eigenvalue weighted by atomic mass is 10.0. The van der Waals surface area contributed by atoms with Crippen molar-refractivity contribution in [3.05, 3.63) is 89.6 Å². The molecule has 2 aromatic carbocycles. The third-order valence-corrected chi connectivity index (χ3v) is 5.23. The van der Waals surface area contributed by atoms with E-state index in [9.17, 15) is 18.0 Å². The Labute approximate surface area is 189 Å². The number of likely N-dealkylation sites (tertiary alicyclic amines) is 1. The fraction of sp³-hybridized carbons (Fsp3) is 0.200. The SMILES string of the molecule is O=C(Nc1ccccc1)N1CCC(=Cc2cccc(Oc3ccc(C(F)(F)F)cn3)c2)CC1. The average Bonchev–Trinajstić information content (AvgIpc) is 2.80. The van der Waals surface area contributed by atoms with Gasteiger partial charge in [-0.15, -0.1) is 0 Å². The van der Waals surface area contributed by atoms with Gasteiger partial charge >= 0.3 is 12.2 Å². The Morgan fingerprint density at radius 1 is 1.00 bits per heavy atom. The van der Waals surface area contributed by atoms with E-state index in [0.717, 1.165) is 36.4 Å². The van der Waals surface area contributed by atoms with Crippen molar-refractivity contribution in [2.75, 3.05) is 18.4 Å². The molecule has 170 valence electrons. The van der Waals surface area contributed by atoms with Crippen molar-refractivity contribution >= 4 is 17.8 Å². The van der Waals surface area contributed by atoms with Gasteiger partial charge < -0.3 is 15.0 Å². The van der Waals surface area contributed by atoms with Crippen LogP contribution >= 0.6 is 0 Å². The summed E-state index contributed by atoms with van der Waals surface area (Å²) in [7, 11) is 0. The van der Waals surface area contributed by atoms with Crippen LogP contribution in [-0.2, 0) is 6.18 Å². The van der Waals surface area contributed by atoms with Crippen molar-refractivity contribution in [3.63, 3.8) is 0 Å². The van der Waals surface area contributed by atoms with Gasteiger partial charge in [-0.1, -0.05) is 42.0 Å². The summed E-state index contributed by atoms with van der Waals surface area (Å²) in [4.78, 5) is 18.0. The predicted molar refractivity (Wildman–Crippen MR) is 120 cm³/mol. The van der Waals surface area contributed by atoms with Crippen molar-refractivity contribution in [1.29, 1.82) is 0 Å². The minimum Gasteiger partial charge on any atom is -0.439 e. The Kier molecular flexibility index (Phi) is 6.63. The van der Waals surface area contributed by atoms with Gasteiger partial charge in [0.25, 0.3) is 0 Å². The number of nitrogens with one attached hydrogen (secondary N) is 1. The monoisotopic (exact) mass is 453 g/mol. The zero-order chi connectivity index (χ0) is 23.3. The molecule has 4 rings (SSSR count). The van der Waals surface area contributed by atoms with E-state index in [-0.39, 0.29) is 11.9 Å². The van der Waals surface area contributed by atoms with Gasteiger partial charge in [0.05, 0.1) is 5.56 Å². The number of ether oxygens (including phenoxy) is 1. The van der Waals surface area contributed by atoms with E-state index in [2.05, 4.69) is 16.4 Å². The number of rotatable bonds is 4. The largest absolute Gasteiger partial charge is 0.439 e. The van der Waals surface area contributed by atoms with E-state index >= 15 is 0 Å². The van der Waals surface area contributed by atoms with Crippen molar-refractivity contribution in [2.24, 2.45) is 0 Å². The van der Waals surface area contributed by atoms with Crippen LogP contribution in [0.4, 0.5) is 23.7 Å². The Hall–Kier alpha value is -3.81. The number of carbonyl (C=O) groups excluding carboxylic acids is 1. The standard InChI is InChI=1S/C25H22F3N3O2/c26-25(27,28)20-9-10-23(29-17-20)33-22-8-4-5-19(16-22)15-18-11-13-31(14-12-18)24(32)30-21-6-2-1-3-7-21/h1-10,15-17H,11-14H2,(H,30,32). The highest BCUT2D eigenvalue weighted by atomic mass is 19.4. The van der Waals surface area contributed by atoms with Gasteiger partial charge in [0.15, 0.2) is 0 Å². The number of amides is 2. The summed E-state index contributed by atoms with van der Waals surface area (Å²) in [6, 6.07) is 18.6. The molecule has 0 spiro atoms. The Bertz CT molecular complexity index is 1120. The van der Waals surface area contributed by atoms with Crippen molar-refractivity contribution < 1.29 is 22.7 Å². The molecule has 0 bridgehead atoms. The van der Waals surface area contributed by atoms with Gasteiger partial charge in [-0.3, -0.25) is 0 Å². The molecule has 33 heavy (non-hydrogen) atoms. The minimum atomic E-state index is -4.44. The van der Waals surface area contributed by atoms with E-state index in [1.54, 1.807) is 17.0 Å². The second-order valence-electron chi connectivity index (χ2n) is 7.64. The fourth-order valence-electron chi connectivity index (χ4n) is 3.50. The van der Waals surface area contributed by atoms with E-state index in [4.69, 9.17) is 4.74 Å². The number of piperidine rings is 1. The van der Waals surface area contributed by atoms with Crippen molar-refractivity contribution in [2.45, 2.75) is 19.0 Å². The van der Waals surface area contributed by atoms with Crippen LogP contribution in [0.25, 0.3) is 6.08 Å². The molecular formula is C25H22F3N3O2. The lowest BCUT2D eigenvalue weighted by Crippen LogP contribution is -2.39. The summed E-state index contributed by atoms with van der Waals surface area (Å²) in [5, 5.41) is 2.90. The third kappa shape index (κ3) is 6.12. The van der Waals surface area contributed by atoms with Gasteiger partial charge in [0.2, 0.25) is 5.88 Å². The number of hydrogen-bond acceptors (Lipinski definition) is 3. The normalized spacial score (nSPS) is 14.0. The first-order valence-corrected chi connectivity index (χ1v) is 10.5. The highest BCUT2D eigenvalue weighted by Gasteiger charge is 2.30. The van der Waals surface area contributed by atoms with Crippen molar-refractivity contribution in [3.8, 4) is 11.6 Å². The van der Waals surface area contributed by atoms with E-state index in [1.165, 1.54) is 11.6 Å². The summed E-state index contributed by atoms with van der Waals surface area (Å²) in [6.07, 6.45) is -0.112. The number of urea groups is 1. The van der Waals surface area contributed by atoms with Crippen molar-refractivity contribution in [1.82, 2.24) is 9.88 Å². The predicted octanol–water partition coefficient (Wildman–Crippen LogP) is 6.60. The summed E-state index contributed by atoms with van der Waals surface area (Å²) < 4.78 is 43.6. The zero-order valence-corrected chi connectivity index (χ0v) is 17.7. The Morgan fingerprint density at radius 2 is 1.76 bits per heavy atom. The first-order chi connectivity index (χ1) is 15.9. The highest BCUT2D eigenvalue weighted by Crippen LogP contribution is 2.30. The average molecular weight is 453 g/mol. The molecule has 1 fully saturated rings. The van der Waals surface area contributed by atoms with Gasteiger partial charge in [-0.25, -0.2) is 9.78 Å². The summed E-state index contributed by atoms with van der Waals surface area (Å²) in [6.45, 7) is 1.24. The second kappa shape index (κ2) is 9.77. The molecule has 0 saturated carbocycles. The molecule has 0 aliphatic carbocycles. The molecule has 1 saturated heterocycles. The number of alkyl halides is 3. The number of nitrogens with zero attached hydrogens (tertiary/aromatic N) is 2. The maximum atomic E-state index is 12.7. The molecule has 1 aromatic heterocycles. The smallest absolute Gasteiger partial charge is 0.417 e. The van der Waals surface area contributed by atoms with Gasteiger partial charge in [0.1, 0.15) is 5.75 Å². The number of para-hydroxylation sites is 1. The lowest BCUT2D eigenvalue weighted by Gasteiger charge is -2.28. The van der Waals surface area contributed by atoms with E-state index < -0.39 is 11.7 Å². The fourth-order valence-corrected chi connectivity index (χ4v) is 3.50. The number of halogens is 3. The van der Waals surface area contributed by atoms with Crippen LogP contribution in [0.3, 0.4) is 0 Å². The van der Waals surface area contributed by atoms with Crippen LogP contribution in [-0.4, -0.2) is 29.0 Å². The maximum absolute atomic E-state index is 12.7. The molecule has 2 heterocycles. The topological polar surface area (TPSA) is 54.5 Å². The maximum Gasteiger partial charge on any atom is 0.417 e. The first-order valence-electron chi connectivity index (χ1n) is 10.5. The summed E-state index contributed by atoms with van der Waals surface area (Å²) in [5.41, 5.74) is 2.07. The van der Waals surface area contributed by atoms with Crippen LogP contribution in [0.15, 0.2) is 78.5 Å². The molecule has 1 N–H and O–H groups in total. The first kappa shape index (κ1) is 22.4. The van der Waals surface area contributed by atoms with Crippen LogP contribution in [0.2, 0.25) is 0 Å². The minimum absolute atomic E-state index is 0.0885. The Morgan fingerprint density at radius 3 is 2.42 bits per heavy atom. The molecule has 0 radical (unpaired) electrons. The highest BCUT2D eigenvalue weighted by molar-refractivity contribution is 5.89. The Balaban J connectivity index is 1.34. The van der Waals surface area contributed by atoms with Crippen LogP contribution in [0.1, 0.15) is 24.0 Å². The third-order valence-electron chi connectivity index (χ3n) is 5.23. The summed E-state index contributed by atoms with van der Waals surface area (Å²) in [5.74, 6) is 0.571. The second-order valence-corrected chi connectivity index (χ2v) is 7.64. The number of pyridine rings is 1. The summed E-state index contributed by atoms with van der Waals surface area (Å²) >= 11 is 0. The molecule has 1 aliphatic heterocycles. The molecular weight excluding hydrogens is 431 g/mol. The van der Waals surface area contributed by atoms with Gasteiger partial charge in [-0.2, -0.15) is 13.2 Å². The number of anilines is 1. The van der Waals surface area contributed by atoms with Crippen LogP contribution < -0.4 is 10.1 Å². The molecule has 3 aromatic rings. The van der Waals surface area contributed by atoms with E-state index in [1.807, 2.05) is 42.5 Å².